The first-order valence-electron chi connectivity index (χ1n) is 4.74. The van der Waals surface area contributed by atoms with Crippen molar-refractivity contribution in [3.05, 3.63) is 0 Å². The molecule has 5 heteroatoms. The predicted molar refractivity (Wildman–Crippen MR) is 56.3 cm³/mol. The van der Waals surface area contributed by atoms with Crippen LogP contribution in [0.1, 0.15) is 26.7 Å². The Morgan fingerprint density at radius 3 is 2.47 bits per heavy atom. The van der Waals surface area contributed by atoms with Gasteiger partial charge in [-0.2, -0.15) is 0 Å². The van der Waals surface area contributed by atoms with Gasteiger partial charge in [-0.25, -0.2) is 4.79 Å². The van der Waals surface area contributed by atoms with Crippen LogP contribution in [0.5, 0.6) is 0 Å². The van der Waals surface area contributed by atoms with Gasteiger partial charge in [0.25, 0.3) is 0 Å². The Morgan fingerprint density at radius 2 is 2.07 bits per heavy atom. The van der Waals surface area contributed by atoms with Gasteiger partial charge in [-0.1, -0.05) is 6.92 Å². The van der Waals surface area contributed by atoms with Crippen LogP contribution in [0.2, 0.25) is 0 Å². The van der Waals surface area contributed by atoms with E-state index in [2.05, 4.69) is 16.6 Å². The minimum atomic E-state index is -1.07. The first kappa shape index (κ1) is 13.3. The van der Waals surface area contributed by atoms with E-state index < -0.39 is 18.0 Å². The molecule has 3 N–H and O–H groups in total. The van der Waals surface area contributed by atoms with E-state index in [0.717, 1.165) is 0 Å². The number of carboxylic acid groups (broad SMARTS) is 1. The van der Waals surface area contributed by atoms with E-state index >= 15 is 0 Å². The second-order valence-corrected chi connectivity index (χ2v) is 3.19. The molecule has 2 unspecified atom stereocenters. The van der Waals surface area contributed by atoms with Gasteiger partial charge in [0.1, 0.15) is 6.04 Å². The number of rotatable bonds is 5. The maximum absolute atomic E-state index is 11.2. The van der Waals surface area contributed by atoms with Crippen LogP contribution in [-0.2, 0) is 4.79 Å². The summed E-state index contributed by atoms with van der Waals surface area (Å²) in [5.74, 6) is 1.37. The quantitative estimate of drug-likeness (QED) is 0.583. The molecule has 0 saturated carbocycles. The number of carbonyl (C=O) groups excluding carboxylic acids is 1. The van der Waals surface area contributed by atoms with Gasteiger partial charge in [-0.05, 0) is 13.3 Å². The van der Waals surface area contributed by atoms with E-state index in [9.17, 15) is 9.59 Å². The van der Waals surface area contributed by atoms with Crippen molar-refractivity contribution in [1.82, 2.24) is 10.6 Å². The summed E-state index contributed by atoms with van der Waals surface area (Å²) in [5, 5.41) is 13.4. The highest BCUT2D eigenvalue weighted by Crippen LogP contribution is 1.95. The number of carbonyl (C=O) groups is 2. The number of urea groups is 1. The van der Waals surface area contributed by atoms with Crippen molar-refractivity contribution in [3.63, 3.8) is 0 Å². The van der Waals surface area contributed by atoms with Gasteiger partial charge in [0.15, 0.2) is 0 Å². The average Bonchev–Trinajstić information content (AvgIpc) is 2.16. The van der Waals surface area contributed by atoms with Crippen LogP contribution in [-0.4, -0.2) is 29.2 Å². The Bertz CT molecular complexity index is 270. The van der Waals surface area contributed by atoms with Crippen LogP contribution in [0, 0.1) is 12.3 Å². The second-order valence-electron chi connectivity index (χ2n) is 3.19. The third kappa shape index (κ3) is 5.57. The number of amides is 2. The number of nitrogens with one attached hydrogen (secondary N) is 2. The molecule has 0 aliphatic carbocycles. The maximum Gasteiger partial charge on any atom is 0.325 e. The van der Waals surface area contributed by atoms with E-state index in [1.54, 1.807) is 0 Å². The average molecular weight is 212 g/mol. The number of carboxylic acids is 1. The SMILES string of the molecule is C#CCC(CC)NC(=O)NC(C)C(=O)O. The third-order valence-electron chi connectivity index (χ3n) is 1.91. The van der Waals surface area contributed by atoms with Crippen LogP contribution in [0.15, 0.2) is 0 Å². The molecule has 0 bridgehead atoms. The van der Waals surface area contributed by atoms with Crippen LogP contribution in [0.3, 0.4) is 0 Å². The summed E-state index contributed by atoms with van der Waals surface area (Å²) in [5.41, 5.74) is 0. The van der Waals surface area contributed by atoms with E-state index in [-0.39, 0.29) is 6.04 Å². The first-order valence-corrected chi connectivity index (χ1v) is 4.74. The lowest BCUT2D eigenvalue weighted by molar-refractivity contribution is -0.138. The molecule has 0 aromatic rings. The Labute approximate surface area is 89.2 Å². The van der Waals surface area contributed by atoms with E-state index in [4.69, 9.17) is 11.5 Å². The Hall–Kier alpha value is -1.70. The molecule has 5 nitrogen and oxygen atoms in total. The fourth-order valence-corrected chi connectivity index (χ4v) is 0.925. The molecule has 0 aliphatic heterocycles. The molecule has 0 radical (unpaired) electrons. The molecule has 84 valence electrons. The Balaban J connectivity index is 4.02. The van der Waals surface area contributed by atoms with Gasteiger partial charge in [0.05, 0.1) is 0 Å². The number of hydrogen-bond donors (Lipinski definition) is 3. The summed E-state index contributed by atoms with van der Waals surface area (Å²) in [4.78, 5) is 21.7. The van der Waals surface area contributed by atoms with Crippen molar-refractivity contribution in [1.29, 1.82) is 0 Å². The normalized spacial score (nSPS) is 13.4. The zero-order valence-electron chi connectivity index (χ0n) is 8.91. The summed E-state index contributed by atoms with van der Waals surface area (Å²) in [7, 11) is 0. The lowest BCUT2D eigenvalue weighted by Crippen LogP contribution is -2.47. The van der Waals surface area contributed by atoms with E-state index in [1.807, 2.05) is 6.92 Å². The minimum Gasteiger partial charge on any atom is -0.480 e. The lowest BCUT2D eigenvalue weighted by Gasteiger charge is -2.16. The predicted octanol–water partition coefficient (Wildman–Crippen LogP) is 0.561. The van der Waals surface area contributed by atoms with E-state index in [1.165, 1.54) is 6.92 Å². The Morgan fingerprint density at radius 1 is 1.47 bits per heavy atom. The van der Waals surface area contributed by atoms with Crippen molar-refractivity contribution in [2.75, 3.05) is 0 Å². The van der Waals surface area contributed by atoms with Gasteiger partial charge >= 0.3 is 12.0 Å². The van der Waals surface area contributed by atoms with Gasteiger partial charge in [0.2, 0.25) is 0 Å². The summed E-state index contributed by atoms with van der Waals surface area (Å²) in [6.07, 6.45) is 6.26. The van der Waals surface area contributed by atoms with Gasteiger partial charge in [-0.15, -0.1) is 12.3 Å². The first-order chi connectivity index (χ1) is 7.01. The van der Waals surface area contributed by atoms with Crippen LogP contribution in [0.4, 0.5) is 4.79 Å². The molecule has 15 heavy (non-hydrogen) atoms. The van der Waals surface area contributed by atoms with Crippen molar-refractivity contribution in [3.8, 4) is 12.3 Å². The highest BCUT2D eigenvalue weighted by molar-refractivity contribution is 5.82. The topological polar surface area (TPSA) is 78.4 Å². The maximum atomic E-state index is 11.2. The van der Waals surface area contributed by atoms with Crippen molar-refractivity contribution in [2.24, 2.45) is 0 Å². The molecule has 2 atom stereocenters. The number of terminal acetylenes is 1. The van der Waals surface area contributed by atoms with Crippen LogP contribution in [0.25, 0.3) is 0 Å². The minimum absolute atomic E-state index is 0.115. The molecular formula is C10H16N2O3. The van der Waals surface area contributed by atoms with Crippen molar-refractivity contribution >= 4 is 12.0 Å². The van der Waals surface area contributed by atoms with Gasteiger partial charge < -0.3 is 15.7 Å². The monoisotopic (exact) mass is 212 g/mol. The Kier molecular flexibility index (Phi) is 5.95. The summed E-state index contributed by atoms with van der Waals surface area (Å²) >= 11 is 0. The van der Waals surface area contributed by atoms with Crippen molar-refractivity contribution < 1.29 is 14.7 Å². The summed E-state index contributed by atoms with van der Waals surface area (Å²) < 4.78 is 0. The fourth-order valence-electron chi connectivity index (χ4n) is 0.925. The molecule has 0 heterocycles. The molecule has 0 rings (SSSR count). The van der Waals surface area contributed by atoms with Gasteiger partial charge in [-0.3, -0.25) is 4.79 Å². The van der Waals surface area contributed by atoms with Crippen molar-refractivity contribution in [2.45, 2.75) is 38.8 Å². The number of hydrogen-bond acceptors (Lipinski definition) is 2. The molecule has 0 fully saturated rings. The number of aliphatic carboxylic acids is 1. The largest absolute Gasteiger partial charge is 0.480 e. The summed E-state index contributed by atoms with van der Waals surface area (Å²) in [6, 6.07) is -1.53. The molecule has 0 aromatic heterocycles. The lowest BCUT2D eigenvalue weighted by atomic mass is 10.1. The summed E-state index contributed by atoms with van der Waals surface area (Å²) in [6.45, 7) is 3.28. The zero-order chi connectivity index (χ0) is 11.8. The molecular weight excluding hydrogens is 196 g/mol. The highest BCUT2D eigenvalue weighted by Gasteiger charge is 2.15. The highest BCUT2D eigenvalue weighted by atomic mass is 16.4. The molecule has 0 aliphatic rings. The second kappa shape index (κ2) is 6.71. The molecule has 0 spiro atoms. The van der Waals surface area contributed by atoms with Crippen LogP contribution < -0.4 is 10.6 Å². The van der Waals surface area contributed by atoms with Gasteiger partial charge in [0, 0.05) is 12.5 Å². The van der Waals surface area contributed by atoms with Crippen LogP contribution >= 0.6 is 0 Å². The smallest absolute Gasteiger partial charge is 0.325 e. The molecule has 2 amide bonds. The van der Waals surface area contributed by atoms with E-state index in [0.29, 0.717) is 12.8 Å². The standard InChI is InChI=1S/C10H16N2O3/c1-4-6-8(5-2)12-10(15)11-7(3)9(13)14/h1,7-8H,5-6H2,2-3H3,(H,13,14)(H2,11,12,15). The fraction of sp³-hybridized carbons (Fsp3) is 0.600. The molecule has 0 aromatic carbocycles. The third-order valence-corrected chi connectivity index (χ3v) is 1.91. The molecule has 0 saturated heterocycles. The zero-order valence-corrected chi connectivity index (χ0v) is 8.91.